The van der Waals surface area contributed by atoms with Gasteiger partial charge in [0.05, 0.1) is 0 Å². The van der Waals surface area contributed by atoms with E-state index in [9.17, 15) is 14.0 Å². The van der Waals surface area contributed by atoms with Crippen LogP contribution in [0.5, 0.6) is 0 Å². The summed E-state index contributed by atoms with van der Waals surface area (Å²) in [5.74, 6) is -0.426. The van der Waals surface area contributed by atoms with Crippen molar-refractivity contribution < 1.29 is 14.0 Å². The lowest BCUT2D eigenvalue weighted by molar-refractivity contribution is -0.118. The smallest absolute Gasteiger partial charge is 0.319 e. The van der Waals surface area contributed by atoms with Crippen LogP contribution in [-0.4, -0.2) is 25.0 Å². The Labute approximate surface area is 111 Å². The second kappa shape index (κ2) is 7.35. The topological polar surface area (TPSA) is 70.2 Å². The van der Waals surface area contributed by atoms with Crippen molar-refractivity contribution >= 4 is 17.6 Å². The van der Waals surface area contributed by atoms with Crippen LogP contribution in [0.15, 0.2) is 18.2 Å². The standard InChI is InChI=1S/C13H18FN3O2/c1-9-8-11(14)4-5-12(9)17-13(19)16-7-3-6-15-10(2)18/h4-5,8H,3,6-7H2,1-2H3,(H,15,18)(H2,16,17,19). The maximum absolute atomic E-state index is 12.9. The van der Waals surface area contributed by atoms with Crippen molar-refractivity contribution in [3.8, 4) is 0 Å². The van der Waals surface area contributed by atoms with Crippen molar-refractivity contribution in [2.45, 2.75) is 20.3 Å². The molecule has 0 saturated carbocycles. The Morgan fingerprint density at radius 1 is 1.21 bits per heavy atom. The Morgan fingerprint density at radius 2 is 1.89 bits per heavy atom. The second-order valence-corrected chi connectivity index (χ2v) is 4.18. The Balaban J connectivity index is 2.29. The number of nitrogens with one attached hydrogen (secondary N) is 3. The molecule has 104 valence electrons. The largest absolute Gasteiger partial charge is 0.356 e. The van der Waals surface area contributed by atoms with E-state index in [2.05, 4.69) is 16.0 Å². The molecular formula is C13H18FN3O2. The monoisotopic (exact) mass is 267 g/mol. The quantitative estimate of drug-likeness (QED) is 0.712. The Hall–Kier alpha value is -2.11. The molecule has 0 fully saturated rings. The fourth-order valence-electron chi connectivity index (χ4n) is 1.49. The average Bonchev–Trinajstić information content (AvgIpc) is 2.32. The molecule has 5 nitrogen and oxygen atoms in total. The zero-order chi connectivity index (χ0) is 14.3. The number of urea groups is 1. The van der Waals surface area contributed by atoms with Gasteiger partial charge in [-0.05, 0) is 37.1 Å². The van der Waals surface area contributed by atoms with Crippen LogP contribution < -0.4 is 16.0 Å². The molecule has 0 radical (unpaired) electrons. The molecule has 0 aliphatic rings. The van der Waals surface area contributed by atoms with Crippen molar-refractivity contribution in [1.82, 2.24) is 10.6 Å². The van der Waals surface area contributed by atoms with E-state index in [1.807, 2.05) is 0 Å². The maximum Gasteiger partial charge on any atom is 0.319 e. The summed E-state index contributed by atoms with van der Waals surface area (Å²) in [5, 5.41) is 7.92. The molecule has 1 rings (SSSR count). The second-order valence-electron chi connectivity index (χ2n) is 4.18. The number of rotatable bonds is 5. The number of carbonyl (C=O) groups excluding carboxylic acids is 2. The first kappa shape index (κ1) is 14.9. The molecule has 3 N–H and O–H groups in total. The fourth-order valence-corrected chi connectivity index (χ4v) is 1.49. The van der Waals surface area contributed by atoms with Crippen LogP contribution >= 0.6 is 0 Å². The van der Waals surface area contributed by atoms with Crippen LogP contribution in [0.3, 0.4) is 0 Å². The molecular weight excluding hydrogens is 249 g/mol. The van der Waals surface area contributed by atoms with Gasteiger partial charge in [-0.2, -0.15) is 0 Å². The minimum absolute atomic E-state index is 0.0913. The van der Waals surface area contributed by atoms with E-state index in [4.69, 9.17) is 0 Å². The van der Waals surface area contributed by atoms with E-state index in [1.54, 1.807) is 6.92 Å². The first-order chi connectivity index (χ1) is 8.99. The van der Waals surface area contributed by atoms with Gasteiger partial charge >= 0.3 is 6.03 Å². The van der Waals surface area contributed by atoms with Crippen molar-refractivity contribution in [2.24, 2.45) is 0 Å². The summed E-state index contributed by atoms with van der Waals surface area (Å²) in [4.78, 5) is 22.1. The molecule has 0 spiro atoms. The number of anilines is 1. The number of hydrogen-bond donors (Lipinski definition) is 3. The van der Waals surface area contributed by atoms with Crippen LogP contribution in [0.25, 0.3) is 0 Å². The van der Waals surface area contributed by atoms with Gasteiger partial charge < -0.3 is 16.0 Å². The summed E-state index contributed by atoms with van der Waals surface area (Å²) >= 11 is 0. The van der Waals surface area contributed by atoms with Gasteiger partial charge in [0.1, 0.15) is 5.82 Å². The summed E-state index contributed by atoms with van der Waals surface area (Å²) in [6, 6.07) is 3.81. The Morgan fingerprint density at radius 3 is 2.53 bits per heavy atom. The highest BCUT2D eigenvalue weighted by molar-refractivity contribution is 5.89. The van der Waals surface area contributed by atoms with E-state index >= 15 is 0 Å². The summed E-state index contributed by atoms with van der Waals surface area (Å²) in [6.45, 7) is 4.13. The molecule has 0 unspecified atom stereocenters. The fraction of sp³-hybridized carbons (Fsp3) is 0.385. The van der Waals surface area contributed by atoms with Gasteiger partial charge in [0, 0.05) is 25.7 Å². The molecule has 0 atom stereocenters. The van der Waals surface area contributed by atoms with Crippen LogP contribution in [0.1, 0.15) is 18.9 Å². The van der Waals surface area contributed by atoms with E-state index in [0.29, 0.717) is 30.8 Å². The zero-order valence-corrected chi connectivity index (χ0v) is 11.0. The first-order valence-electron chi connectivity index (χ1n) is 6.04. The van der Waals surface area contributed by atoms with E-state index in [0.717, 1.165) is 0 Å². The number of halogens is 1. The number of hydrogen-bond acceptors (Lipinski definition) is 2. The predicted octanol–water partition coefficient (Wildman–Crippen LogP) is 1.78. The van der Waals surface area contributed by atoms with Gasteiger partial charge in [-0.25, -0.2) is 9.18 Å². The number of carbonyl (C=O) groups is 2. The maximum atomic E-state index is 12.9. The zero-order valence-electron chi connectivity index (χ0n) is 11.0. The molecule has 0 aliphatic carbocycles. The summed E-state index contributed by atoms with van der Waals surface area (Å²) in [6.07, 6.45) is 0.648. The van der Waals surface area contributed by atoms with Crippen molar-refractivity contribution in [2.75, 3.05) is 18.4 Å². The Kier molecular flexibility index (Phi) is 5.78. The number of benzene rings is 1. The molecule has 1 aromatic carbocycles. The number of aryl methyl sites for hydroxylation is 1. The van der Waals surface area contributed by atoms with Crippen LogP contribution in [0.4, 0.5) is 14.9 Å². The summed E-state index contributed by atoms with van der Waals surface area (Å²) < 4.78 is 12.9. The normalized spacial score (nSPS) is 9.84. The lowest BCUT2D eigenvalue weighted by atomic mass is 10.2. The van der Waals surface area contributed by atoms with Gasteiger partial charge in [0.15, 0.2) is 0 Å². The van der Waals surface area contributed by atoms with Crippen molar-refractivity contribution in [3.05, 3.63) is 29.6 Å². The lowest BCUT2D eigenvalue weighted by Gasteiger charge is -2.10. The first-order valence-corrected chi connectivity index (χ1v) is 6.04. The van der Waals surface area contributed by atoms with Gasteiger partial charge in [-0.15, -0.1) is 0 Å². The molecule has 0 heterocycles. The molecule has 0 saturated heterocycles. The summed E-state index contributed by atoms with van der Waals surface area (Å²) in [7, 11) is 0. The van der Waals surface area contributed by atoms with Crippen molar-refractivity contribution in [1.29, 1.82) is 0 Å². The van der Waals surface area contributed by atoms with E-state index < -0.39 is 0 Å². The highest BCUT2D eigenvalue weighted by Crippen LogP contribution is 2.15. The predicted molar refractivity (Wildman–Crippen MR) is 71.5 cm³/mol. The van der Waals surface area contributed by atoms with Gasteiger partial charge in [0.2, 0.25) is 5.91 Å². The Bertz CT molecular complexity index is 463. The third-order valence-electron chi connectivity index (χ3n) is 2.45. The van der Waals surface area contributed by atoms with Gasteiger partial charge in [0.25, 0.3) is 0 Å². The minimum Gasteiger partial charge on any atom is -0.356 e. The molecule has 19 heavy (non-hydrogen) atoms. The molecule has 0 bridgehead atoms. The highest BCUT2D eigenvalue weighted by atomic mass is 19.1. The third kappa shape index (κ3) is 5.85. The molecule has 3 amide bonds. The van der Waals surface area contributed by atoms with Crippen LogP contribution in [0, 0.1) is 12.7 Å². The minimum atomic E-state index is -0.350. The molecule has 0 aliphatic heterocycles. The lowest BCUT2D eigenvalue weighted by Crippen LogP contribution is -2.32. The van der Waals surface area contributed by atoms with E-state index in [-0.39, 0.29) is 17.8 Å². The average molecular weight is 267 g/mol. The molecule has 0 aromatic heterocycles. The molecule has 1 aromatic rings. The van der Waals surface area contributed by atoms with Crippen molar-refractivity contribution in [3.63, 3.8) is 0 Å². The molecule has 6 heteroatoms. The van der Waals surface area contributed by atoms with Crippen LogP contribution in [0.2, 0.25) is 0 Å². The van der Waals surface area contributed by atoms with Crippen LogP contribution in [-0.2, 0) is 4.79 Å². The SMILES string of the molecule is CC(=O)NCCCNC(=O)Nc1ccc(F)cc1C. The van der Waals surface area contributed by atoms with Gasteiger partial charge in [-0.1, -0.05) is 0 Å². The number of amides is 3. The van der Waals surface area contributed by atoms with Gasteiger partial charge in [-0.3, -0.25) is 4.79 Å². The summed E-state index contributed by atoms with van der Waals surface area (Å²) in [5.41, 5.74) is 1.23. The highest BCUT2D eigenvalue weighted by Gasteiger charge is 2.04. The van der Waals surface area contributed by atoms with E-state index in [1.165, 1.54) is 25.1 Å². The third-order valence-corrected chi connectivity index (χ3v) is 2.45.